The van der Waals surface area contributed by atoms with Crippen molar-refractivity contribution < 1.29 is 18.7 Å². The van der Waals surface area contributed by atoms with Gasteiger partial charge in [-0.05, 0) is 42.8 Å². The van der Waals surface area contributed by atoms with Crippen molar-refractivity contribution in [3.8, 4) is 5.75 Å². The molecule has 0 saturated carbocycles. The van der Waals surface area contributed by atoms with Gasteiger partial charge < -0.3 is 15.4 Å². The van der Waals surface area contributed by atoms with Gasteiger partial charge in [-0.25, -0.2) is 4.39 Å². The van der Waals surface area contributed by atoms with Crippen LogP contribution in [0, 0.1) is 5.82 Å². The Morgan fingerprint density at radius 1 is 1.27 bits per heavy atom. The normalized spacial score (nSPS) is 17.7. The van der Waals surface area contributed by atoms with Gasteiger partial charge in [0.15, 0.2) is 5.82 Å². The molecular formula is C20H15Cl2FN4O3. The summed E-state index contributed by atoms with van der Waals surface area (Å²) in [6, 6.07) is 10.6. The van der Waals surface area contributed by atoms with Crippen LogP contribution in [0.5, 0.6) is 5.75 Å². The lowest BCUT2D eigenvalue weighted by Crippen LogP contribution is -2.56. The van der Waals surface area contributed by atoms with E-state index in [1.807, 2.05) is 0 Å². The smallest absolute Gasteiger partial charge is 0.279 e. The van der Waals surface area contributed by atoms with Crippen molar-refractivity contribution in [1.29, 1.82) is 0 Å². The molecule has 2 heterocycles. The molecular weight excluding hydrogens is 434 g/mol. The molecule has 1 aliphatic heterocycles. The third kappa shape index (κ3) is 3.83. The van der Waals surface area contributed by atoms with Crippen LogP contribution < -0.4 is 15.4 Å². The van der Waals surface area contributed by atoms with E-state index in [-0.39, 0.29) is 16.7 Å². The molecule has 4 rings (SSSR count). The number of rotatable bonds is 4. The van der Waals surface area contributed by atoms with E-state index in [0.29, 0.717) is 23.0 Å². The van der Waals surface area contributed by atoms with Crippen molar-refractivity contribution in [2.75, 3.05) is 10.6 Å². The molecule has 0 fully saturated rings. The molecule has 154 valence electrons. The third-order valence-electron chi connectivity index (χ3n) is 4.58. The zero-order valence-electron chi connectivity index (χ0n) is 15.6. The number of aromatic nitrogens is 2. The number of halogens is 3. The maximum Gasteiger partial charge on any atom is 0.279 e. The van der Waals surface area contributed by atoms with Gasteiger partial charge in [0.2, 0.25) is 0 Å². The lowest BCUT2D eigenvalue weighted by molar-refractivity contribution is -0.143. The second-order valence-electron chi connectivity index (χ2n) is 6.83. The van der Waals surface area contributed by atoms with Gasteiger partial charge in [0.05, 0.1) is 12.2 Å². The molecule has 0 bridgehead atoms. The van der Waals surface area contributed by atoms with Crippen LogP contribution in [0.25, 0.3) is 0 Å². The van der Waals surface area contributed by atoms with E-state index >= 15 is 0 Å². The van der Waals surface area contributed by atoms with Gasteiger partial charge in [-0.3, -0.25) is 14.3 Å². The summed E-state index contributed by atoms with van der Waals surface area (Å²) in [6.45, 7) is 1.66. The predicted molar refractivity (Wildman–Crippen MR) is 110 cm³/mol. The van der Waals surface area contributed by atoms with Gasteiger partial charge >= 0.3 is 0 Å². The second kappa shape index (κ2) is 7.62. The molecule has 2 N–H and O–H groups in total. The fraction of sp³-hybridized carbons (Fsp3) is 0.150. The van der Waals surface area contributed by atoms with E-state index in [9.17, 15) is 14.0 Å². The summed E-state index contributed by atoms with van der Waals surface area (Å²) in [4.78, 5) is 25.4. The van der Waals surface area contributed by atoms with Crippen LogP contribution >= 0.6 is 23.2 Å². The summed E-state index contributed by atoms with van der Waals surface area (Å²) in [5.41, 5.74) is -0.671. The molecule has 2 amide bonds. The number of carbonyl (C=O) groups is 2. The number of anilines is 2. The number of hydrogen-bond acceptors (Lipinski definition) is 4. The zero-order chi connectivity index (χ0) is 21.5. The Morgan fingerprint density at radius 2 is 2.00 bits per heavy atom. The average Bonchev–Trinajstić information content (AvgIpc) is 3.03. The maximum atomic E-state index is 13.1. The van der Waals surface area contributed by atoms with Crippen LogP contribution in [0.3, 0.4) is 0 Å². The molecule has 0 aliphatic carbocycles. The first-order valence-corrected chi connectivity index (χ1v) is 9.59. The molecule has 3 aromatic rings. The molecule has 1 aromatic heterocycles. The van der Waals surface area contributed by atoms with Gasteiger partial charge in [0.1, 0.15) is 16.6 Å². The monoisotopic (exact) mass is 448 g/mol. The van der Waals surface area contributed by atoms with Crippen LogP contribution in [0.4, 0.5) is 15.9 Å². The highest BCUT2D eigenvalue weighted by atomic mass is 35.5. The summed E-state index contributed by atoms with van der Waals surface area (Å²) in [5.74, 6) is -1.35. The average molecular weight is 449 g/mol. The maximum absolute atomic E-state index is 13.1. The number of hydrogen-bond donors (Lipinski definition) is 2. The van der Waals surface area contributed by atoms with Gasteiger partial charge in [-0.2, -0.15) is 5.10 Å². The first-order valence-electron chi connectivity index (χ1n) is 8.83. The highest BCUT2D eigenvalue weighted by Crippen LogP contribution is 2.36. The largest absolute Gasteiger partial charge is 0.466 e. The fourth-order valence-electron chi connectivity index (χ4n) is 2.91. The first-order chi connectivity index (χ1) is 14.2. The van der Waals surface area contributed by atoms with E-state index < -0.39 is 17.4 Å². The highest BCUT2D eigenvalue weighted by molar-refractivity contribution is 6.34. The Kier molecular flexibility index (Phi) is 5.13. The molecule has 7 nitrogen and oxygen atoms in total. The van der Waals surface area contributed by atoms with Crippen molar-refractivity contribution in [2.45, 2.75) is 19.1 Å². The Balaban J connectivity index is 1.52. The minimum atomic E-state index is -1.84. The number of benzene rings is 2. The summed E-state index contributed by atoms with van der Waals surface area (Å²) in [6.07, 6.45) is 1.52. The molecule has 2 aromatic carbocycles. The zero-order valence-corrected chi connectivity index (χ0v) is 17.1. The lowest BCUT2D eigenvalue weighted by atomic mass is 10.0. The summed E-state index contributed by atoms with van der Waals surface area (Å²) in [5, 5.41) is 9.98. The molecule has 30 heavy (non-hydrogen) atoms. The Bertz CT molecular complexity index is 1150. The number of carbonyl (C=O) groups excluding carboxylic acids is 2. The molecule has 1 atom stereocenters. The predicted octanol–water partition coefficient (Wildman–Crippen LogP) is 4.11. The Labute approximate surface area is 180 Å². The summed E-state index contributed by atoms with van der Waals surface area (Å²) in [7, 11) is 0. The van der Waals surface area contributed by atoms with Gasteiger partial charge in [-0.15, -0.1) is 0 Å². The number of nitrogens with one attached hydrogen (secondary N) is 2. The minimum Gasteiger partial charge on any atom is -0.466 e. The standard InChI is InChI=1S/C20H15Cl2FN4O3/c1-20(18(28)24-15-8-12(21)4-7-16(15)30-20)19(29)25-17-14(22)10-27(26-17)9-11-2-5-13(23)6-3-11/h2-8,10H,9H2,1H3,(H,24,28)(H,25,26,29). The minimum absolute atomic E-state index is 0.0725. The van der Waals surface area contributed by atoms with E-state index in [4.69, 9.17) is 27.9 Å². The molecule has 0 spiro atoms. The van der Waals surface area contributed by atoms with Crippen LogP contribution in [0.15, 0.2) is 48.7 Å². The van der Waals surface area contributed by atoms with Crippen molar-refractivity contribution in [2.24, 2.45) is 0 Å². The Hall–Kier alpha value is -3.10. The quantitative estimate of drug-likeness (QED) is 0.588. The number of amides is 2. The first kappa shape index (κ1) is 20.2. The molecule has 0 saturated heterocycles. The van der Waals surface area contributed by atoms with Crippen molar-refractivity contribution >= 4 is 46.5 Å². The van der Waals surface area contributed by atoms with Crippen molar-refractivity contribution in [1.82, 2.24) is 9.78 Å². The molecule has 1 unspecified atom stereocenters. The van der Waals surface area contributed by atoms with E-state index in [1.165, 1.54) is 36.0 Å². The topological polar surface area (TPSA) is 85.2 Å². The van der Waals surface area contributed by atoms with Gasteiger partial charge in [-0.1, -0.05) is 35.3 Å². The highest BCUT2D eigenvalue weighted by Gasteiger charge is 2.47. The van der Waals surface area contributed by atoms with E-state index in [0.717, 1.165) is 5.56 Å². The van der Waals surface area contributed by atoms with Crippen LogP contribution in [0.2, 0.25) is 10.0 Å². The summed E-state index contributed by atoms with van der Waals surface area (Å²) >= 11 is 12.1. The number of fused-ring (bicyclic) bond motifs is 1. The summed E-state index contributed by atoms with van der Waals surface area (Å²) < 4.78 is 20.2. The van der Waals surface area contributed by atoms with Crippen LogP contribution in [-0.4, -0.2) is 27.2 Å². The number of ether oxygens (including phenoxy) is 1. The Morgan fingerprint density at radius 3 is 2.73 bits per heavy atom. The van der Waals surface area contributed by atoms with Crippen molar-refractivity contribution in [3.63, 3.8) is 0 Å². The fourth-order valence-corrected chi connectivity index (χ4v) is 3.28. The third-order valence-corrected chi connectivity index (χ3v) is 5.09. The SMILES string of the molecule is CC1(C(=O)Nc2nn(Cc3ccc(F)cc3)cc2Cl)Oc2ccc(Cl)cc2NC1=O. The number of nitrogens with zero attached hydrogens (tertiary/aromatic N) is 2. The molecule has 10 heteroatoms. The van der Waals surface area contributed by atoms with Crippen LogP contribution in [0.1, 0.15) is 12.5 Å². The van der Waals surface area contributed by atoms with E-state index in [2.05, 4.69) is 15.7 Å². The van der Waals surface area contributed by atoms with E-state index in [1.54, 1.807) is 24.3 Å². The second-order valence-corrected chi connectivity index (χ2v) is 7.68. The van der Waals surface area contributed by atoms with Crippen LogP contribution in [-0.2, 0) is 16.1 Å². The van der Waals surface area contributed by atoms with Gasteiger partial charge in [0, 0.05) is 11.2 Å². The van der Waals surface area contributed by atoms with Crippen molar-refractivity contribution in [3.05, 3.63) is 70.1 Å². The molecule has 0 radical (unpaired) electrons. The van der Waals surface area contributed by atoms with Gasteiger partial charge in [0.25, 0.3) is 17.4 Å². The lowest BCUT2D eigenvalue weighted by Gasteiger charge is -2.33. The molecule has 1 aliphatic rings.